The third-order valence-electron chi connectivity index (χ3n) is 4.95. The van der Waals surface area contributed by atoms with Crippen LogP contribution in [0.4, 0.5) is 0 Å². The third kappa shape index (κ3) is 2.88. The lowest BCUT2D eigenvalue weighted by molar-refractivity contribution is -0.888. The van der Waals surface area contributed by atoms with E-state index >= 15 is 0 Å². The van der Waals surface area contributed by atoms with Crippen LogP contribution in [0, 0.1) is 13.8 Å². The fourth-order valence-corrected chi connectivity index (χ4v) is 3.65. The molecule has 0 saturated heterocycles. The predicted molar refractivity (Wildman–Crippen MR) is 103 cm³/mol. The number of methoxy groups -OCH3 is 1. The number of aromatic nitrogens is 2. The number of hydrogen-bond acceptors (Lipinski definition) is 4. The highest BCUT2D eigenvalue weighted by Gasteiger charge is 2.18. The molecule has 0 aliphatic rings. The van der Waals surface area contributed by atoms with Crippen LogP contribution < -0.4 is 9.57 Å². The van der Waals surface area contributed by atoms with Crippen molar-refractivity contribution >= 4 is 38.4 Å². The molecular formula is C21H21N2O4+. The molecule has 0 atom stereocenters. The summed E-state index contributed by atoms with van der Waals surface area (Å²) in [6, 6.07) is 7.34. The first kappa shape index (κ1) is 17.3. The number of nitrogens with zero attached hydrogens (tertiary/aromatic N) is 1. The average Bonchev–Trinajstić information content (AvgIpc) is 3.03. The number of rotatable bonds is 5. The van der Waals surface area contributed by atoms with Gasteiger partial charge in [0.1, 0.15) is 12.4 Å². The first-order valence-electron chi connectivity index (χ1n) is 8.72. The van der Waals surface area contributed by atoms with Crippen molar-refractivity contribution in [3.63, 3.8) is 0 Å². The predicted octanol–water partition coefficient (Wildman–Crippen LogP) is 2.73. The Morgan fingerprint density at radius 1 is 1.11 bits per heavy atom. The van der Waals surface area contributed by atoms with Gasteiger partial charge in [0, 0.05) is 34.2 Å². The van der Waals surface area contributed by atoms with Crippen LogP contribution in [0.15, 0.2) is 36.7 Å². The summed E-state index contributed by atoms with van der Waals surface area (Å²) in [6.45, 7) is 4.12. The van der Waals surface area contributed by atoms with Gasteiger partial charge in [0.15, 0.2) is 0 Å². The zero-order valence-electron chi connectivity index (χ0n) is 15.5. The van der Waals surface area contributed by atoms with Crippen molar-refractivity contribution in [2.45, 2.75) is 13.8 Å². The van der Waals surface area contributed by atoms with E-state index in [0.717, 1.165) is 43.7 Å². The topological polar surface area (TPSA) is 75.4 Å². The van der Waals surface area contributed by atoms with E-state index in [2.05, 4.69) is 18.8 Å². The zero-order chi connectivity index (χ0) is 19.1. The normalized spacial score (nSPS) is 11.5. The number of fused-ring (bicyclic) bond motifs is 4. The molecule has 0 bridgehead atoms. The summed E-state index contributed by atoms with van der Waals surface area (Å²) in [5.41, 5.74) is 4.26. The molecule has 0 aliphatic heterocycles. The quantitative estimate of drug-likeness (QED) is 0.533. The second-order valence-corrected chi connectivity index (χ2v) is 6.73. The summed E-state index contributed by atoms with van der Waals surface area (Å²) in [5.74, 6) is 0.115. The molecule has 6 heteroatoms. The highest BCUT2D eigenvalue weighted by atomic mass is 16.7. The highest BCUT2D eigenvalue weighted by Crippen LogP contribution is 2.36. The molecule has 4 rings (SSSR count). The number of H-pyrrole nitrogens is 1. The molecule has 138 valence electrons. The second kappa shape index (κ2) is 6.55. The minimum absolute atomic E-state index is 0.0335. The van der Waals surface area contributed by atoms with Crippen molar-refractivity contribution in [2.75, 3.05) is 20.3 Å². The summed E-state index contributed by atoms with van der Waals surface area (Å²) in [7, 11) is 1.48. The molecule has 2 aromatic heterocycles. The lowest BCUT2D eigenvalue weighted by Gasteiger charge is -2.08. The van der Waals surface area contributed by atoms with Crippen molar-refractivity contribution < 1.29 is 24.2 Å². The Bertz CT molecular complexity index is 1190. The van der Waals surface area contributed by atoms with Crippen molar-refractivity contribution in [3.8, 4) is 5.75 Å². The van der Waals surface area contributed by atoms with E-state index in [1.54, 1.807) is 23.1 Å². The zero-order valence-corrected chi connectivity index (χ0v) is 15.5. The molecule has 0 radical (unpaired) electrons. The van der Waals surface area contributed by atoms with Crippen LogP contribution in [0.5, 0.6) is 5.75 Å². The fourth-order valence-electron chi connectivity index (χ4n) is 3.65. The number of nitrogens with one attached hydrogen (secondary N) is 1. The van der Waals surface area contributed by atoms with Crippen LogP contribution in [-0.2, 0) is 9.53 Å². The third-order valence-corrected chi connectivity index (χ3v) is 4.95. The number of hydrogen-bond donors (Lipinski definition) is 2. The van der Waals surface area contributed by atoms with Crippen molar-refractivity contribution in [1.82, 2.24) is 4.98 Å². The van der Waals surface area contributed by atoms with Gasteiger partial charge in [-0.05, 0) is 48.6 Å². The van der Waals surface area contributed by atoms with E-state index in [1.807, 2.05) is 18.3 Å². The number of aryl methyl sites for hydroxylation is 2. The minimum Gasteiger partial charge on any atom is -0.508 e. The number of carbonyl (C=O) groups is 1. The average molecular weight is 365 g/mol. The molecule has 4 aromatic rings. The van der Waals surface area contributed by atoms with Gasteiger partial charge >= 0.3 is 0 Å². The minimum atomic E-state index is -0.124. The van der Waals surface area contributed by atoms with E-state index < -0.39 is 0 Å². The van der Waals surface area contributed by atoms with Crippen LogP contribution >= 0.6 is 0 Å². The van der Waals surface area contributed by atoms with Gasteiger partial charge in [-0.1, -0.05) is 0 Å². The number of phenolic OH excluding ortho intramolecular Hbond substituents is 1. The van der Waals surface area contributed by atoms with Crippen molar-refractivity contribution in [1.29, 1.82) is 0 Å². The van der Waals surface area contributed by atoms with Gasteiger partial charge in [0.25, 0.3) is 0 Å². The number of phenols is 1. The molecule has 0 saturated carbocycles. The van der Waals surface area contributed by atoms with Crippen LogP contribution in [-0.4, -0.2) is 36.2 Å². The Kier molecular flexibility index (Phi) is 4.20. The smallest absolute Gasteiger partial charge is 0.230 e. The van der Waals surface area contributed by atoms with Gasteiger partial charge in [-0.25, -0.2) is 0 Å². The second-order valence-electron chi connectivity index (χ2n) is 6.73. The summed E-state index contributed by atoms with van der Waals surface area (Å²) in [6.07, 6.45) is 3.69. The Morgan fingerprint density at radius 3 is 2.70 bits per heavy atom. The number of ether oxygens (including phenoxy) is 1. The van der Waals surface area contributed by atoms with Gasteiger partial charge in [-0.3, -0.25) is 9.63 Å². The van der Waals surface area contributed by atoms with Gasteiger partial charge in [0.05, 0.1) is 10.9 Å². The molecule has 2 N–H and O–H groups in total. The van der Waals surface area contributed by atoms with Crippen LogP contribution in [0.3, 0.4) is 0 Å². The number of aromatic hydroxyl groups is 1. The van der Waals surface area contributed by atoms with Gasteiger partial charge < -0.3 is 14.8 Å². The lowest BCUT2D eigenvalue weighted by atomic mass is 9.97. The summed E-state index contributed by atoms with van der Waals surface area (Å²) in [5, 5.41) is 14.1. The molecule has 0 aliphatic carbocycles. The van der Waals surface area contributed by atoms with E-state index in [4.69, 9.17) is 9.57 Å². The molecule has 0 fully saturated rings. The van der Waals surface area contributed by atoms with Crippen molar-refractivity contribution in [2.24, 2.45) is 0 Å². The van der Waals surface area contributed by atoms with Crippen LogP contribution in [0.2, 0.25) is 0 Å². The summed E-state index contributed by atoms with van der Waals surface area (Å²) in [4.78, 5) is 20.7. The number of benzene rings is 2. The van der Waals surface area contributed by atoms with E-state index in [9.17, 15) is 9.90 Å². The first-order chi connectivity index (χ1) is 13.0. The largest absolute Gasteiger partial charge is 0.508 e. The Labute approximate surface area is 155 Å². The number of ketones is 1. The van der Waals surface area contributed by atoms with Crippen LogP contribution in [0.25, 0.3) is 32.6 Å². The monoisotopic (exact) mass is 365 g/mol. The maximum absolute atomic E-state index is 11.6. The fraction of sp³-hybridized carbons (Fsp3) is 0.238. The van der Waals surface area contributed by atoms with Gasteiger partial charge in [-0.2, -0.15) is 0 Å². The van der Waals surface area contributed by atoms with Gasteiger partial charge in [-0.15, -0.1) is 0 Å². The molecule has 2 aromatic carbocycles. The number of carbonyl (C=O) groups excluding carboxylic acids is 1. The van der Waals surface area contributed by atoms with E-state index in [0.29, 0.717) is 0 Å². The summed E-state index contributed by atoms with van der Waals surface area (Å²) < 4.78 is 6.38. The number of Topliss-reactive ketones (excluding diaryl/α,β-unsaturated/α-hetero) is 1. The molecule has 0 amide bonds. The van der Waals surface area contributed by atoms with Crippen LogP contribution in [0.1, 0.15) is 11.1 Å². The SMILES string of the molecule is COCC(=O)CO[n+]1ccc2c(C)c3[nH]c4ccc(O)cc4c3c(C)c2c1. The summed E-state index contributed by atoms with van der Waals surface area (Å²) >= 11 is 0. The Balaban J connectivity index is 1.88. The molecule has 0 spiro atoms. The number of pyridine rings is 1. The van der Waals surface area contributed by atoms with E-state index in [-0.39, 0.29) is 24.7 Å². The maximum Gasteiger partial charge on any atom is 0.230 e. The maximum atomic E-state index is 11.6. The molecule has 6 nitrogen and oxygen atoms in total. The molecular weight excluding hydrogens is 344 g/mol. The first-order valence-corrected chi connectivity index (χ1v) is 8.72. The Hall–Kier alpha value is -3.12. The van der Waals surface area contributed by atoms with E-state index in [1.165, 1.54) is 7.11 Å². The standard InChI is InChI=1S/C21H20N2O4/c1-12-18-9-23(27-11-15(25)10-26-3)7-6-16(18)13(2)21-20(12)17-8-14(24)4-5-19(17)22-21/h4-9,24H,10-11H2,1-3H3/p+1. The molecule has 27 heavy (non-hydrogen) atoms. The van der Waals surface area contributed by atoms with Gasteiger partial charge in [0.2, 0.25) is 24.8 Å². The Morgan fingerprint density at radius 2 is 1.93 bits per heavy atom. The van der Waals surface area contributed by atoms with Crippen molar-refractivity contribution in [3.05, 3.63) is 47.8 Å². The number of aromatic amines is 1. The highest BCUT2D eigenvalue weighted by molar-refractivity contribution is 6.16. The molecule has 0 unspecified atom stereocenters. The molecule has 2 heterocycles. The lowest BCUT2D eigenvalue weighted by Crippen LogP contribution is -2.44.